The van der Waals surface area contributed by atoms with Crippen LogP contribution in [0.2, 0.25) is 0 Å². The zero-order valence-corrected chi connectivity index (χ0v) is 21.4. The second-order valence-electron chi connectivity index (χ2n) is 9.52. The molecular weight excluding hydrogens is 528 g/mol. The SMILES string of the molecule is COc1ncnc(C2CC2)c1-c1cccc(-c2nnc(Cc3ccc(-c4nc(C(F)(F)F)cn4C)cc3)o2)c1F. The van der Waals surface area contributed by atoms with Crippen LogP contribution in [0.5, 0.6) is 5.88 Å². The first-order valence-corrected chi connectivity index (χ1v) is 12.4. The number of halogens is 4. The molecule has 5 aromatic rings. The summed E-state index contributed by atoms with van der Waals surface area (Å²) < 4.78 is 67.5. The van der Waals surface area contributed by atoms with Crippen molar-refractivity contribution in [3.8, 4) is 39.8 Å². The van der Waals surface area contributed by atoms with Crippen molar-refractivity contribution in [1.82, 2.24) is 29.7 Å². The number of ether oxygens (including phenoxy) is 1. The molecule has 1 saturated carbocycles. The summed E-state index contributed by atoms with van der Waals surface area (Å²) >= 11 is 0. The van der Waals surface area contributed by atoms with Crippen LogP contribution in [-0.2, 0) is 19.6 Å². The molecule has 0 atom stereocenters. The molecule has 6 rings (SSSR count). The summed E-state index contributed by atoms with van der Waals surface area (Å²) in [5.41, 5.74) is 2.03. The lowest BCUT2D eigenvalue weighted by Crippen LogP contribution is -2.04. The lowest BCUT2D eigenvalue weighted by molar-refractivity contribution is -0.140. The van der Waals surface area contributed by atoms with E-state index in [0.29, 0.717) is 17.0 Å². The molecule has 2 aromatic carbocycles. The lowest BCUT2D eigenvalue weighted by Gasteiger charge is -2.13. The average Bonchev–Trinajstić information content (AvgIpc) is 3.56. The second-order valence-corrected chi connectivity index (χ2v) is 9.52. The molecule has 0 radical (unpaired) electrons. The van der Waals surface area contributed by atoms with Crippen LogP contribution < -0.4 is 4.74 Å². The van der Waals surface area contributed by atoms with E-state index in [0.717, 1.165) is 30.3 Å². The van der Waals surface area contributed by atoms with Crippen molar-refractivity contribution in [2.45, 2.75) is 31.4 Å². The summed E-state index contributed by atoms with van der Waals surface area (Å²) in [5.74, 6) is 0.443. The van der Waals surface area contributed by atoms with E-state index in [1.165, 1.54) is 25.1 Å². The molecule has 12 heteroatoms. The van der Waals surface area contributed by atoms with Gasteiger partial charge in [-0.1, -0.05) is 36.4 Å². The summed E-state index contributed by atoms with van der Waals surface area (Å²) in [5, 5.41) is 8.13. The van der Waals surface area contributed by atoms with E-state index in [-0.39, 0.29) is 41.1 Å². The highest BCUT2D eigenvalue weighted by Gasteiger charge is 2.35. The molecule has 0 amide bonds. The number of benzene rings is 2. The van der Waals surface area contributed by atoms with Crippen molar-refractivity contribution in [2.24, 2.45) is 7.05 Å². The van der Waals surface area contributed by atoms with E-state index in [1.54, 1.807) is 42.5 Å². The minimum atomic E-state index is -4.52. The molecule has 204 valence electrons. The van der Waals surface area contributed by atoms with Crippen LogP contribution in [0.4, 0.5) is 17.6 Å². The Kier molecular flexibility index (Phi) is 6.32. The van der Waals surface area contributed by atoms with E-state index >= 15 is 4.39 Å². The molecule has 0 bridgehead atoms. The highest BCUT2D eigenvalue weighted by Crippen LogP contribution is 2.46. The molecule has 1 fully saturated rings. The normalized spacial score (nSPS) is 13.6. The number of alkyl halides is 3. The second kappa shape index (κ2) is 9.85. The van der Waals surface area contributed by atoms with Crippen molar-refractivity contribution in [3.63, 3.8) is 0 Å². The number of imidazole rings is 1. The van der Waals surface area contributed by atoms with Gasteiger partial charge in [-0.25, -0.2) is 19.3 Å². The number of methoxy groups -OCH3 is 1. The van der Waals surface area contributed by atoms with Crippen LogP contribution in [0.1, 0.15) is 41.6 Å². The van der Waals surface area contributed by atoms with Crippen LogP contribution in [0.15, 0.2) is 59.4 Å². The summed E-state index contributed by atoms with van der Waals surface area (Å²) in [7, 11) is 2.99. The fraction of sp³-hybridized carbons (Fsp3) is 0.250. The van der Waals surface area contributed by atoms with E-state index in [9.17, 15) is 13.2 Å². The number of aromatic nitrogens is 6. The van der Waals surface area contributed by atoms with Gasteiger partial charge in [0.15, 0.2) is 5.69 Å². The topological polar surface area (TPSA) is 91.8 Å². The highest BCUT2D eigenvalue weighted by molar-refractivity contribution is 5.76. The van der Waals surface area contributed by atoms with Crippen molar-refractivity contribution in [3.05, 3.63) is 83.6 Å². The summed E-state index contributed by atoms with van der Waals surface area (Å²) in [6.45, 7) is 0. The molecule has 8 nitrogen and oxygen atoms in total. The Balaban J connectivity index is 1.25. The molecule has 0 N–H and O–H groups in total. The average molecular weight is 551 g/mol. The van der Waals surface area contributed by atoms with Gasteiger partial charge in [0.05, 0.1) is 30.4 Å². The van der Waals surface area contributed by atoms with Gasteiger partial charge in [-0.05, 0) is 24.5 Å². The smallest absolute Gasteiger partial charge is 0.434 e. The Morgan fingerprint density at radius 3 is 2.45 bits per heavy atom. The lowest BCUT2D eigenvalue weighted by atomic mass is 9.99. The first-order chi connectivity index (χ1) is 19.2. The summed E-state index contributed by atoms with van der Waals surface area (Å²) in [4.78, 5) is 12.3. The van der Waals surface area contributed by atoms with E-state index in [2.05, 4.69) is 25.1 Å². The zero-order chi connectivity index (χ0) is 28.0. The fourth-order valence-electron chi connectivity index (χ4n) is 4.60. The first kappa shape index (κ1) is 25.7. The fourth-order valence-corrected chi connectivity index (χ4v) is 4.60. The molecule has 1 aliphatic carbocycles. The van der Waals surface area contributed by atoms with Gasteiger partial charge in [0.1, 0.15) is 18.0 Å². The van der Waals surface area contributed by atoms with Gasteiger partial charge < -0.3 is 13.7 Å². The van der Waals surface area contributed by atoms with Crippen LogP contribution in [0, 0.1) is 5.82 Å². The predicted molar refractivity (Wildman–Crippen MR) is 136 cm³/mol. The highest BCUT2D eigenvalue weighted by atomic mass is 19.4. The quantitative estimate of drug-likeness (QED) is 0.222. The molecule has 1 aliphatic rings. The van der Waals surface area contributed by atoms with Gasteiger partial charge >= 0.3 is 6.18 Å². The van der Waals surface area contributed by atoms with Crippen molar-refractivity contribution in [2.75, 3.05) is 7.11 Å². The van der Waals surface area contributed by atoms with Crippen molar-refractivity contribution in [1.29, 1.82) is 0 Å². The van der Waals surface area contributed by atoms with Crippen LogP contribution in [0.3, 0.4) is 0 Å². The molecule has 0 aliphatic heterocycles. The number of hydrogen-bond donors (Lipinski definition) is 0. The summed E-state index contributed by atoms with van der Waals surface area (Å²) in [6.07, 6.45) is 0.0351. The Hall–Kier alpha value is -4.61. The van der Waals surface area contributed by atoms with Crippen molar-refractivity contribution < 1.29 is 26.7 Å². The van der Waals surface area contributed by atoms with Gasteiger partial charge in [-0.2, -0.15) is 13.2 Å². The van der Waals surface area contributed by atoms with Gasteiger partial charge in [0.2, 0.25) is 11.8 Å². The third-order valence-corrected chi connectivity index (χ3v) is 6.70. The number of rotatable bonds is 7. The molecule has 0 saturated heterocycles. The first-order valence-electron chi connectivity index (χ1n) is 12.4. The Morgan fingerprint density at radius 2 is 1.77 bits per heavy atom. The van der Waals surface area contributed by atoms with Gasteiger partial charge in [0, 0.05) is 30.3 Å². The predicted octanol–water partition coefficient (Wildman–Crippen LogP) is 6.23. The van der Waals surface area contributed by atoms with Gasteiger partial charge in [-0.3, -0.25) is 0 Å². The number of hydrogen-bond acceptors (Lipinski definition) is 7. The van der Waals surface area contributed by atoms with E-state index < -0.39 is 17.7 Å². The van der Waals surface area contributed by atoms with Crippen LogP contribution in [-0.4, -0.2) is 36.8 Å². The third kappa shape index (κ3) is 4.80. The number of aryl methyl sites for hydroxylation is 1. The molecule has 40 heavy (non-hydrogen) atoms. The molecule has 3 heterocycles. The maximum Gasteiger partial charge on any atom is 0.434 e. The minimum absolute atomic E-state index is 0.0162. The minimum Gasteiger partial charge on any atom is -0.480 e. The summed E-state index contributed by atoms with van der Waals surface area (Å²) in [6, 6.07) is 11.7. The standard InChI is InChI=1S/C28H22F4N6O2/c1-38-13-20(28(30,31)32)35-25(38)17-8-6-15(7-9-17)12-21-36-37-26(40-21)19-5-3-4-18(23(19)29)22-24(16-10-11-16)33-14-34-27(22)39-2/h3-9,13-14,16H,10-12H2,1-2H3. The maximum atomic E-state index is 15.9. The van der Waals surface area contributed by atoms with Gasteiger partial charge in [0.25, 0.3) is 5.89 Å². The maximum absolute atomic E-state index is 15.9. The zero-order valence-electron chi connectivity index (χ0n) is 21.4. The Labute approximate surface area is 225 Å². The van der Waals surface area contributed by atoms with Gasteiger partial charge in [-0.15, -0.1) is 10.2 Å². The van der Waals surface area contributed by atoms with Crippen LogP contribution >= 0.6 is 0 Å². The molecule has 3 aromatic heterocycles. The number of nitrogens with zero attached hydrogens (tertiary/aromatic N) is 6. The van der Waals surface area contributed by atoms with Crippen molar-refractivity contribution >= 4 is 0 Å². The molecular formula is C28H22F4N6O2. The largest absolute Gasteiger partial charge is 0.480 e. The van der Waals surface area contributed by atoms with E-state index in [4.69, 9.17) is 9.15 Å². The van der Waals surface area contributed by atoms with E-state index in [1.807, 2.05) is 0 Å². The Bertz CT molecular complexity index is 1690. The molecule has 0 spiro atoms. The third-order valence-electron chi connectivity index (χ3n) is 6.70. The van der Waals surface area contributed by atoms with Crippen LogP contribution in [0.25, 0.3) is 34.0 Å². The molecule has 0 unspecified atom stereocenters. The monoisotopic (exact) mass is 550 g/mol. The Morgan fingerprint density at radius 1 is 1.02 bits per heavy atom.